The van der Waals surface area contributed by atoms with Crippen LogP contribution in [-0.2, 0) is 0 Å². The fourth-order valence-corrected chi connectivity index (χ4v) is 0.877. The molecule has 0 radical (unpaired) electrons. The van der Waals surface area contributed by atoms with E-state index in [1.54, 1.807) is 6.20 Å². The van der Waals surface area contributed by atoms with Crippen molar-refractivity contribution in [3.8, 4) is 11.8 Å². The molecule has 0 atom stereocenters. The molecular formula is C6H5N3O2. The summed E-state index contributed by atoms with van der Waals surface area (Å²) in [6.45, 7) is 0. The van der Waals surface area contributed by atoms with Gasteiger partial charge in [0.05, 0.1) is 6.07 Å². The minimum atomic E-state index is -0.235. The molecule has 0 saturated carbocycles. The van der Waals surface area contributed by atoms with Gasteiger partial charge in [-0.3, -0.25) is 4.40 Å². The highest BCUT2D eigenvalue weighted by Gasteiger charge is 2.01. The zero-order valence-electron chi connectivity index (χ0n) is 5.47. The molecule has 2 rings (SSSR count). The van der Waals surface area contributed by atoms with Crippen molar-refractivity contribution in [2.24, 2.45) is 0 Å². The van der Waals surface area contributed by atoms with Crippen molar-refractivity contribution in [2.45, 2.75) is 0 Å². The van der Waals surface area contributed by atoms with Crippen LogP contribution in [0.5, 0.6) is 11.8 Å². The molecule has 2 aromatic heterocycles. The van der Waals surface area contributed by atoms with Gasteiger partial charge >= 0.3 is 0 Å². The molecule has 56 valence electrons. The molecule has 2 N–H and O–H groups in total. The second-order valence-corrected chi connectivity index (χ2v) is 2.07. The SMILES string of the molecule is Oc1cc(O)n2ccnc2n1. The van der Waals surface area contributed by atoms with Crippen LogP contribution < -0.4 is 0 Å². The summed E-state index contributed by atoms with van der Waals surface area (Å²) in [6, 6.07) is 1.15. The minimum absolute atomic E-state index is 0.0787. The highest BCUT2D eigenvalue weighted by Crippen LogP contribution is 2.15. The average molecular weight is 151 g/mol. The van der Waals surface area contributed by atoms with Gasteiger partial charge in [-0.25, -0.2) is 4.98 Å². The second kappa shape index (κ2) is 1.85. The highest BCUT2D eigenvalue weighted by atomic mass is 16.3. The quantitative estimate of drug-likeness (QED) is 0.561. The summed E-state index contributed by atoms with van der Waals surface area (Å²) < 4.78 is 1.36. The van der Waals surface area contributed by atoms with Crippen LogP contribution in [0.25, 0.3) is 5.78 Å². The molecule has 0 aliphatic rings. The third kappa shape index (κ3) is 0.778. The van der Waals surface area contributed by atoms with Gasteiger partial charge in [0.15, 0.2) is 0 Å². The van der Waals surface area contributed by atoms with Crippen molar-refractivity contribution in [3.05, 3.63) is 18.5 Å². The maximum atomic E-state index is 9.16. The Morgan fingerprint density at radius 2 is 2.18 bits per heavy atom. The van der Waals surface area contributed by atoms with Gasteiger partial charge in [0.1, 0.15) is 0 Å². The fourth-order valence-electron chi connectivity index (χ4n) is 0.877. The highest BCUT2D eigenvalue weighted by molar-refractivity contribution is 5.36. The van der Waals surface area contributed by atoms with E-state index < -0.39 is 0 Å². The van der Waals surface area contributed by atoms with Gasteiger partial charge in [-0.2, -0.15) is 4.98 Å². The van der Waals surface area contributed by atoms with Gasteiger partial charge in [0.2, 0.25) is 17.5 Å². The minimum Gasteiger partial charge on any atom is -0.494 e. The topological polar surface area (TPSA) is 70.7 Å². The first kappa shape index (κ1) is 5.96. The number of fused-ring (bicyclic) bond motifs is 1. The normalized spacial score (nSPS) is 10.5. The first-order valence-corrected chi connectivity index (χ1v) is 2.99. The number of aromatic nitrogens is 3. The largest absolute Gasteiger partial charge is 0.494 e. The van der Waals surface area contributed by atoms with E-state index in [9.17, 15) is 0 Å². The lowest BCUT2D eigenvalue weighted by Gasteiger charge is -1.96. The number of hydrogen-bond donors (Lipinski definition) is 2. The predicted octanol–water partition coefficient (Wildman–Crippen LogP) is 0.140. The molecular weight excluding hydrogens is 146 g/mol. The van der Waals surface area contributed by atoms with E-state index in [2.05, 4.69) is 9.97 Å². The van der Waals surface area contributed by atoms with Gasteiger partial charge in [-0.1, -0.05) is 0 Å². The summed E-state index contributed by atoms with van der Waals surface area (Å²) in [5.74, 6) is -0.0336. The zero-order valence-corrected chi connectivity index (χ0v) is 5.47. The van der Waals surface area contributed by atoms with Crippen molar-refractivity contribution < 1.29 is 10.2 Å². The Morgan fingerprint density at radius 1 is 1.36 bits per heavy atom. The standard InChI is InChI=1S/C6H5N3O2/c10-4-3-5(11)9-2-1-7-6(9)8-4/h1-3,11H,(H,7,8,10). The molecule has 0 bridgehead atoms. The number of imidazole rings is 1. The Bertz CT molecular complexity index is 396. The molecule has 2 aromatic rings. The van der Waals surface area contributed by atoms with E-state index in [4.69, 9.17) is 10.2 Å². The number of nitrogens with zero attached hydrogens (tertiary/aromatic N) is 3. The lowest BCUT2D eigenvalue weighted by molar-refractivity contribution is 0.419. The van der Waals surface area contributed by atoms with E-state index in [0.29, 0.717) is 0 Å². The van der Waals surface area contributed by atoms with E-state index in [0.717, 1.165) is 6.07 Å². The Kier molecular flexibility index (Phi) is 1.00. The van der Waals surface area contributed by atoms with Gasteiger partial charge in [0.25, 0.3) is 0 Å². The van der Waals surface area contributed by atoms with Crippen molar-refractivity contribution in [1.29, 1.82) is 0 Å². The van der Waals surface area contributed by atoms with Gasteiger partial charge < -0.3 is 10.2 Å². The van der Waals surface area contributed by atoms with Crippen LogP contribution in [0.1, 0.15) is 0 Å². The summed E-state index contributed by atoms with van der Waals surface area (Å²) in [5, 5.41) is 18.1. The Balaban J connectivity index is 2.91. The lowest BCUT2D eigenvalue weighted by atomic mass is 10.6. The van der Waals surface area contributed by atoms with E-state index in [-0.39, 0.29) is 17.5 Å². The number of rotatable bonds is 0. The summed E-state index contributed by atoms with van der Waals surface area (Å²) in [7, 11) is 0. The second-order valence-electron chi connectivity index (χ2n) is 2.07. The Labute approximate surface area is 61.6 Å². The van der Waals surface area contributed by atoms with Crippen molar-refractivity contribution in [1.82, 2.24) is 14.4 Å². The molecule has 2 heterocycles. The lowest BCUT2D eigenvalue weighted by Crippen LogP contribution is -1.87. The molecule has 5 nitrogen and oxygen atoms in total. The van der Waals surface area contributed by atoms with E-state index in [1.807, 2.05) is 0 Å². The Morgan fingerprint density at radius 3 is 3.00 bits per heavy atom. The molecule has 0 amide bonds. The molecule has 0 aliphatic heterocycles. The van der Waals surface area contributed by atoms with E-state index in [1.165, 1.54) is 10.6 Å². The van der Waals surface area contributed by atoms with Crippen LogP contribution in [-0.4, -0.2) is 24.6 Å². The fraction of sp³-hybridized carbons (Fsp3) is 0. The van der Waals surface area contributed by atoms with Crippen LogP contribution >= 0.6 is 0 Å². The maximum absolute atomic E-state index is 9.16. The average Bonchev–Trinajstić information content (AvgIpc) is 2.34. The van der Waals surface area contributed by atoms with Crippen LogP contribution in [0.2, 0.25) is 0 Å². The summed E-state index contributed by atoms with van der Waals surface area (Å²) in [5.41, 5.74) is 0. The van der Waals surface area contributed by atoms with Crippen molar-refractivity contribution in [3.63, 3.8) is 0 Å². The van der Waals surface area contributed by atoms with Crippen molar-refractivity contribution >= 4 is 5.78 Å². The van der Waals surface area contributed by atoms with Crippen molar-refractivity contribution in [2.75, 3.05) is 0 Å². The summed E-state index contributed by atoms with van der Waals surface area (Å²) in [4.78, 5) is 7.42. The van der Waals surface area contributed by atoms with Crippen LogP contribution in [0.4, 0.5) is 0 Å². The molecule has 0 spiro atoms. The smallest absolute Gasteiger partial charge is 0.239 e. The zero-order chi connectivity index (χ0) is 7.84. The molecule has 0 unspecified atom stereocenters. The van der Waals surface area contributed by atoms with Gasteiger partial charge in [-0.05, 0) is 0 Å². The summed E-state index contributed by atoms with van der Waals surface area (Å²) in [6.07, 6.45) is 3.04. The third-order valence-corrected chi connectivity index (χ3v) is 1.34. The van der Waals surface area contributed by atoms with E-state index >= 15 is 0 Å². The van der Waals surface area contributed by atoms with Gasteiger partial charge in [-0.15, -0.1) is 0 Å². The molecule has 0 saturated heterocycles. The third-order valence-electron chi connectivity index (χ3n) is 1.34. The predicted molar refractivity (Wildman–Crippen MR) is 36.3 cm³/mol. The maximum Gasteiger partial charge on any atom is 0.239 e. The van der Waals surface area contributed by atoms with Gasteiger partial charge in [0, 0.05) is 12.4 Å². The first-order valence-electron chi connectivity index (χ1n) is 2.99. The number of hydrogen-bond acceptors (Lipinski definition) is 4. The molecule has 0 aromatic carbocycles. The Hall–Kier alpha value is -1.78. The molecule has 0 fully saturated rings. The summed E-state index contributed by atoms with van der Waals surface area (Å²) >= 11 is 0. The van der Waals surface area contributed by atoms with Crippen LogP contribution in [0.15, 0.2) is 18.5 Å². The van der Waals surface area contributed by atoms with Crippen LogP contribution in [0.3, 0.4) is 0 Å². The molecule has 11 heavy (non-hydrogen) atoms. The molecule has 5 heteroatoms. The molecule has 0 aliphatic carbocycles. The first-order chi connectivity index (χ1) is 5.27. The van der Waals surface area contributed by atoms with Crippen LogP contribution in [0, 0.1) is 0 Å². The monoisotopic (exact) mass is 151 g/mol. The number of aromatic hydroxyl groups is 2.